The number of carbonyl (C=O) groups excluding carboxylic acids is 1. The number of hydrogen-bond acceptors (Lipinski definition) is 4. The second-order valence-electron chi connectivity index (χ2n) is 4.25. The average Bonchev–Trinajstić information content (AvgIpc) is 2.69. The average molecular weight is 339 g/mol. The standard InChI is InChI=1S/C14H15BrN2O3/c1-9-13(15)11(17(2)16-9)8-20-14-10(7-18)5-4-6-12(14)19-3/h4-7H,8H2,1-3H3. The van der Waals surface area contributed by atoms with Gasteiger partial charge in [-0.25, -0.2) is 0 Å². The first-order valence-electron chi connectivity index (χ1n) is 6.01. The first-order valence-corrected chi connectivity index (χ1v) is 6.80. The van der Waals surface area contributed by atoms with E-state index in [9.17, 15) is 4.79 Å². The number of methoxy groups -OCH3 is 1. The van der Waals surface area contributed by atoms with Gasteiger partial charge in [-0.05, 0) is 35.0 Å². The van der Waals surface area contributed by atoms with Crippen LogP contribution in [0.4, 0.5) is 0 Å². The van der Waals surface area contributed by atoms with Crippen LogP contribution in [0.15, 0.2) is 22.7 Å². The van der Waals surface area contributed by atoms with Crippen LogP contribution in [0.25, 0.3) is 0 Å². The van der Waals surface area contributed by atoms with Crippen molar-refractivity contribution >= 4 is 22.2 Å². The van der Waals surface area contributed by atoms with E-state index in [0.29, 0.717) is 23.7 Å². The zero-order valence-electron chi connectivity index (χ0n) is 11.5. The van der Waals surface area contributed by atoms with E-state index >= 15 is 0 Å². The summed E-state index contributed by atoms with van der Waals surface area (Å²) in [6.07, 6.45) is 0.751. The Balaban J connectivity index is 2.29. The van der Waals surface area contributed by atoms with Crippen molar-refractivity contribution in [3.8, 4) is 11.5 Å². The molecule has 0 aliphatic heterocycles. The van der Waals surface area contributed by atoms with Crippen LogP contribution in [-0.2, 0) is 13.7 Å². The van der Waals surface area contributed by atoms with Gasteiger partial charge >= 0.3 is 0 Å². The molecule has 5 nitrogen and oxygen atoms in total. The maximum atomic E-state index is 11.1. The van der Waals surface area contributed by atoms with Crippen molar-refractivity contribution in [2.24, 2.45) is 7.05 Å². The van der Waals surface area contributed by atoms with Crippen LogP contribution >= 0.6 is 15.9 Å². The molecule has 0 fully saturated rings. The van der Waals surface area contributed by atoms with Crippen molar-refractivity contribution < 1.29 is 14.3 Å². The Hall–Kier alpha value is -1.82. The number of aldehydes is 1. The summed E-state index contributed by atoms with van der Waals surface area (Å²) in [7, 11) is 3.39. The molecule has 0 atom stereocenters. The second-order valence-corrected chi connectivity index (χ2v) is 5.05. The third kappa shape index (κ3) is 2.70. The van der Waals surface area contributed by atoms with Crippen LogP contribution in [0.1, 0.15) is 21.7 Å². The quantitative estimate of drug-likeness (QED) is 0.786. The largest absolute Gasteiger partial charge is 0.493 e. The van der Waals surface area contributed by atoms with Crippen LogP contribution in [0.2, 0.25) is 0 Å². The van der Waals surface area contributed by atoms with Gasteiger partial charge in [0.15, 0.2) is 17.8 Å². The number of halogens is 1. The smallest absolute Gasteiger partial charge is 0.172 e. The minimum Gasteiger partial charge on any atom is -0.493 e. The van der Waals surface area contributed by atoms with Crippen LogP contribution < -0.4 is 9.47 Å². The molecule has 1 heterocycles. The molecule has 1 aromatic carbocycles. The first kappa shape index (κ1) is 14.6. The minimum atomic E-state index is 0.291. The first-order chi connectivity index (χ1) is 9.58. The van der Waals surface area contributed by atoms with E-state index in [1.807, 2.05) is 14.0 Å². The summed E-state index contributed by atoms with van der Waals surface area (Å²) < 4.78 is 13.6. The SMILES string of the molecule is COc1cccc(C=O)c1OCc1c(Br)c(C)nn1C. The summed E-state index contributed by atoms with van der Waals surface area (Å²) in [5.74, 6) is 0.973. The molecular weight excluding hydrogens is 324 g/mol. The Bertz CT molecular complexity index is 638. The van der Waals surface area contributed by atoms with Crippen molar-refractivity contribution in [2.75, 3.05) is 7.11 Å². The summed E-state index contributed by atoms with van der Waals surface area (Å²) >= 11 is 3.48. The Morgan fingerprint density at radius 3 is 2.75 bits per heavy atom. The van der Waals surface area contributed by atoms with Gasteiger partial charge in [-0.15, -0.1) is 0 Å². The third-order valence-electron chi connectivity index (χ3n) is 2.97. The Morgan fingerprint density at radius 2 is 2.20 bits per heavy atom. The number of benzene rings is 1. The van der Waals surface area contributed by atoms with Crippen LogP contribution in [0.5, 0.6) is 11.5 Å². The molecule has 0 saturated carbocycles. The predicted molar refractivity (Wildman–Crippen MR) is 78.4 cm³/mol. The topological polar surface area (TPSA) is 53.4 Å². The Labute approximate surface area is 125 Å². The van der Waals surface area contributed by atoms with Gasteiger partial charge in [0.05, 0.1) is 28.5 Å². The highest BCUT2D eigenvalue weighted by molar-refractivity contribution is 9.10. The van der Waals surface area contributed by atoms with E-state index in [1.54, 1.807) is 30.0 Å². The number of rotatable bonds is 5. The summed E-state index contributed by atoms with van der Waals surface area (Å²) in [6.45, 7) is 2.20. The summed E-state index contributed by atoms with van der Waals surface area (Å²) in [5.41, 5.74) is 2.24. The maximum absolute atomic E-state index is 11.1. The number of aromatic nitrogens is 2. The second kappa shape index (κ2) is 6.09. The molecule has 0 spiro atoms. The molecule has 2 rings (SSSR count). The number of ether oxygens (including phenoxy) is 2. The zero-order chi connectivity index (χ0) is 14.7. The van der Waals surface area contributed by atoms with Crippen LogP contribution in [0.3, 0.4) is 0 Å². The molecule has 20 heavy (non-hydrogen) atoms. The lowest BCUT2D eigenvalue weighted by Gasteiger charge is -2.12. The maximum Gasteiger partial charge on any atom is 0.172 e. The van der Waals surface area contributed by atoms with E-state index in [1.165, 1.54) is 0 Å². The fourth-order valence-electron chi connectivity index (χ4n) is 1.92. The zero-order valence-corrected chi connectivity index (χ0v) is 13.1. The van der Waals surface area contributed by atoms with Crippen molar-refractivity contribution in [3.63, 3.8) is 0 Å². The molecule has 0 radical (unpaired) electrons. The monoisotopic (exact) mass is 338 g/mol. The van der Waals surface area contributed by atoms with Crippen molar-refractivity contribution in [1.29, 1.82) is 0 Å². The van der Waals surface area contributed by atoms with Gasteiger partial charge < -0.3 is 9.47 Å². The highest BCUT2D eigenvalue weighted by atomic mass is 79.9. The number of nitrogens with zero attached hydrogens (tertiary/aromatic N) is 2. The van der Waals surface area contributed by atoms with Gasteiger partial charge in [0.2, 0.25) is 0 Å². The van der Waals surface area contributed by atoms with Crippen molar-refractivity contribution in [1.82, 2.24) is 9.78 Å². The molecule has 1 aromatic heterocycles. The lowest BCUT2D eigenvalue weighted by atomic mass is 10.2. The summed E-state index contributed by atoms with van der Waals surface area (Å²) in [5, 5.41) is 4.30. The molecule has 0 aliphatic rings. The normalized spacial score (nSPS) is 10.4. The molecule has 0 amide bonds. The number of para-hydroxylation sites is 1. The van der Waals surface area contributed by atoms with Crippen molar-refractivity contribution in [3.05, 3.63) is 39.6 Å². The van der Waals surface area contributed by atoms with E-state index in [4.69, 9.17) is 9.47 Å². The van der Waals surface area contributed by atoms with E-state index in [0.717, 1.165) is 22.1 Å². The number of carbonyl (C=O) groups is 1. The van der Waals surface area contributed by atoms with E-state index in [2.05, 4.69) is 21.0 Å². The molecule has 106 valence electrons. The molecule has 0 bridgehead atoms. The minimum absolute atomic E-state index is 0.291. The highest BCUT2D eigenvalue weighted by Crippen LogP contribution is 2.31. The molecule has 6 heteroatoms. The summed E-state index contributed by atoms with van der Waals surface area (Å²) in [4.78, 5) is 11.1. The molecule has 0 unspecified atom stereocenters. The number of aryl methyl sites for hydroxylation is 2. The third-order valence-corrected chi connectivity index (χ3v) is 4.00. The lowest BCUT2D eigenvalue weighted by Crippen LogP contribution is -2.05. The van der Waals surface area contributed by atoms with Crippen LogP contribution in [0, 0.1) is 6.92 Å². The fourth-order valence-corrected chi connectivity index (χ4v) is 2.37. The van der Waals surface area contributed by atoms with Gasteiger partial charge in [-0.1, -0.05) is 6.07 Å². The molecule has 2 aromatic rings. The Kier molecular flexibility index (Phi) is 4.44. The van der Waals surface area contributed by atoms with Gasteiger partial charge in [0, 0.05) is 7.05 Å². The van der Waals surface area contributed by atoms with E-state index in [-0.39, 0.29) is 0 Å². The van der Waals surface area contributed by atoms with Crippen molar-refractivity contribution in [2.45, 2.75) is 13.5 Å². The highest BCUT2D eigenvalue weighted by Gasteiger charge is 2.14. The Morgan fingerprint density at radius 1 is 1.45 bits per heavy atom. The van der Waals surface area contributed by atoms with Gasteiger partial charge in [0.1, 0.15) is 6.61 Å². The molecule has 0 saturated heterocycles. The summed E-state index contributed by atoms with van der Waals surface area (Å²) in [6, 6.07) is 5.19. The molecule has 0 N–H and O–H groups in total. The van der Waals surface area contributed by atoms with Gasteiger partial charge in [-0.2, -0.15) is 5.10 Å². The van der Waals surface area contributed by atoms with Gasteiger partial charge in [0.25, 0.3) is 0 Å². The lowest BCUT2D eigenvalue weighted by molar-refractivity contribution is 0.111. The molecule has 0 aliphatic carbocycles. The van der Waals surface area contributed by atoms with Gasteiger partial charge in [-0.3, -0.25) is 9.48 Å². The number of hydrogen-bond donors (Lipinski definition) is 0. The van der Waals surface area contributed by atoms with Crippen LogP contribution in [-0.4, -0.2) is 23.2 Å². The molecular formula is C14H15BrN2O3. The fraction of sp³-hybridized carbons (Fsp3) is 0.286. The predicted octanol–water partition coefficient (Wildman–Crippen LogP) is 2.89. The van der Waals surface area contributed by atoms with E-state index < -0.39 is 0 Å².